The van der Waals surface area contributed by atoms with Crippen LogP contribution in [0.2, 0.25) is 0 Å². The largest absolute Gasteiger partial charge is 0.496 e. The molecule has 1 saturated heterocycles. The predicted molar refractivity (Wildman–Crippen MR) is 90.7 cm³/mol. The van der Waals surface area contributed by atoms with Crippen molar-refractivity contribution in [2.45, 2.75) is 5.25 Å². The molecule has 1 amide bonds. The lowest BCUT2D eigenvalue weighted by molar-refractivity contribution is 0.0950. The van der Waals surface area contributed by atoms with Gasteiger partial charge in [-0.15, -0.1) is 0 Å². The Hall–Kier alpha value is -1.34. The number of ether oxygens (including phenoxy) is 1. The molecule has 2 heterocycles. The number of hydrogen-bond acceptors (Lipinski definition) is 4. The van der Waals surface area contributed by atoms with E-state index in [-0.39, 0.29) is 5.91 Å². The van der Waals surface area contributed by atoms with Gasteiger partial charge in [0.05, 0.1) is 12.6 Å². The Kier molecular flexibility index (Phi) is 4.83. The lowest BCUT2D eigenvalue weighted by Gasteiger charge is -2.20. The summed E-state index contributed by atoms with van der Waals surface area (Å²) in [6.45, 7) is 0.630. The van der Waals surface area contributed by atoms with Crippen molar-refractivity contribution in [3.05, 3.63) is 29.7 Å². The topological polar surface area (TPSA) is 54.1 Å². The summed E-state index contributed by atoms with van der Waals surface area (Å²) in [5.74, 6) is 3.30. The minimum atomic E-state index is -0.394. The SMILES string of the molecule is COc1ccc(F)c2[nH]c(C(=O)NC[C@@H]3CSCCS3)cc12. The molecule has 2 aromatic rings. The number of rotatable bonds is 4. The molecule has 1 atom stereocenters. The van der Waals surface area contributed by atoms with E-state index in [1.54, 1.807) is 12.1 Å². The minimum Gasteiger partial charge on any atom is -0.496 e. The van der Waals surface area contributed by atoms with Crippen molar-refractivity contribution < 1.29 is 13.9 Å². The first-order valence-corrected chi connectivity index (χ1v) is 9.22. The number of thioether (sulfide) groups is 2. The first-order chi connectivity index (χ1) is 10.7. The van der Waals surface area contributed by atoms with E-state index < -0.39 is 5.82 Å². The van der Waals surface area contributed by atoms with E-state index in [9.17, 15) is 9.18 Å². The Labute approximate surface area is 136 Å². The van der Waals surface area contributed by atoms with E-state index in [2.05, 4.69) is 10.3 Å². The summed E-state index contributed by atoms with van der Waals surface area (Å²) >= 11 is 3.80. The average Bonchev–Trinajstić information content (AvgIpc) is 3.00. The summed E-state index contributed by atoms with van der Waals surface area (Å²) in [5, 5.41) is 3.94. The van der Waals surface area contributed by atoms with Crippen LogP contribution >= 0.6 is 23.5 Å². The van der Waals surface area contributed by atoms with Gasteiger partial charge >= 0.3 is 0 Å². The van der Waals surface area contributed by atoms with Gasteiger partial charge in [0.1, 0.15) is 17.3 Å². The normalized spacial score (nSPS) is 18.4. The fourth-order valence-electron chi connectivity index (χ4n) is 2.42. The summed E-state index contributed by atoms with van der Waals surface area (Å²) in [5.41, 5.74) is 0.652. The third-order valence-electron chi connectivity index (χ3n) is 3.54. The number of H-pyrrole nitrogens is 1. The van der Waals surface area contributed by atoms with Crippen LogP contribution in [0.3, 0.4) is 0 Å². The number of hydrogen-bond donors (Lipinski definition) is 2. The van der Waals surface area contributed by atoms with Crippen LogP contribution in [0, 0.1) is 5.82 Å². The maximum absolute atomic E-state index is 13.8. The summed E-state index contributed by atoms with van der Waals surface area (Å²) < 4.78 is 19.0. The molecule has 22 heavy (non-hydrogen) atoms. The quantitative estimate of drug-likeness (QED) is 0.899. The Balaban J connectivity index is 1.75. The van der Waals surface area contributed by atoms with Crippen LogP contribution in [-0.2, 0) is 0 Å². The second kappa shape index (κ2) is 6.83. The lowest BCUT2D eigenvalue weighted by Crippen LogP contribution is -2.33. The summed E-state index contributed by atoms with van der Waals surface area (Å²) in [4.78, 5) is 15.1. The second-order valence-corrected chi connectivity index (χ2v) is 7.56. The number of halogens is 1. The highest BCUT2D eigenvalue weighted by Crippen LogP contribution is 2.28. The van der Waals surface area contributed by atoms with Gasteiger partial charge in [0, 0.05) is 34.4 Å². The van der Waals surface area contributed by atoms with Gasteiger partial charge in [0.2, 0.25) is 0 Å². The molecule has 0 spiro atoms. The van der Waals surface area contributed by atoms with E-state index in [1.807, 2.05) is 23.5 Å². The molecular formula is C15H17FN2O2S2. The Morgan fingerprint density at radius 1 is 1.50 bits per heavy atom. The zero-order valence-electron chi connectivity index (χ0n) is 12.1. The van der Waals surface area contributed by atoms with Gasteiger partial charge in [-0.1, -0.05) is 0 Å². The highest BCUT2D eigenvalue weighted by atomic mass is 32.2. The summed E-state index contributed by atoms with van der Waals surface area (Å²) in [6, 6.07) is 4.52. The molecule has 0 bridgehead atoms. The summed E-state index contributed by atoms with van der Waals surface area (Å²) in [6.07, 6.45) is 0. The van der Waals surface area contributed by atoms with E-state index in [4.69, 9.17) is 4.74 Å². The molecule has 3 rings (SSSR count). The van der Waals surface area contributed by atoms with Crippen LogP contribution < -0.4 is 10.1 Å². The Morgan fingerprint density at radius 2 is 2.36 bits per heavy atom. The van der Waals surface area contributed by atoms with Crippen LogP contribution in [-0.4, -0.2) is 47.1 Å². The Bertz CT molecular complexity index is 683. The van der Waals surface area contributed by atoms with Gasteiger partial charge < -0.3 is 15.0 Å². The van der Waals surface area contributed by atoms with Crippen LogP contribution in [0.5, 0.6) is 5.75 Å². The number of carbonyl (C=O) groups is 1. The van der Waals surface area contributed by atoms with Gasteiger partial charge in [-0.3, -0.25) is 4.79 Å². The maximum atomic E-state index is 13.8. The number of aromatic nitrogens is 1. The minimum absolute atomic E-state index is 0.214. The van der Waals surface area contributed by atoms with E-state index >= 15 is 0 Å². The van der Waals surface area contributed by atoms with E-state index in [1.165, 1.54) is 18.9 Å². The molecule has 1 aliphatic rings. The molecule has 4 nitrogen and oxygen atoms in total. The van der Waals surface area contributed by atoms with Crippen molar-refractivity contribution in [2.24, 2.45) is 0 Å². The second-order valence-electron chi connectivity index (χ2n) is 5.00. The predicted octanol–water partition coefficient (Wildman–Crippen LogP) is 2.89. The van der Waals surface area contributed by atoms with Gasteiger partial charge in [0.15, 0.2) is 0 Å². The molecule has 1 aromatic carbocycles. The van der Waals surface area contributed by atoms with Gasteiger partial charge in [-0.05, 0) is 18.2 Å². The molecule has 118 valence electrons. The standard InChI is InChI=1S/C15H17FN2O2S2/c1-20-13-3-2-11(16)14-10(13)6-12(18-14)15(19)17-7-9-8-21-4-5-22-9/h2-3,6,9,18H,4-5,7-8H2,1H3,(H,17,19)/t9-/m1/s1. The number of carbonyl (C=O) groups excluding carboxylic acids is 1. The van der Waals surface area contributed by atoms with Crippen LogP contribution in [0.1, 0.15) is 10.5 Å². The number of amides is 1. The fourth-order valence-corrected chi connectivity index (χ4v) is 5.03. The van der Waals surface area contributed by atoms with Gasteiger partial charge in [0.25, 0.3) is 5.91 Å². The molecule has 0 aliphatic carbocycles. The summed E-state index contributed by atoms with van der Waals surface area (Å²) in [7, 11) is 1.53. The highest BCUT2D eigenvalue weighted by molar-refractivity contribution is 8.06. The van der Waals surface area contributed by atoms with Crippen LogP contribution in [0.4, 0.5) is 4.39 Å². The zero-order valence-corrected chi connectivity index (χ0v) is 13.8. The van der Waals surface area contributed by atoms with E-state index in [0.29, 0.717) is 34.1 Å². The first kappa shape index (κ1) is 15.6. The number of nitrogens with one attached hydrogen (secondary N) is 2. The molecule has 0 radical (unpaired) electrons. The molecule has 0 unspecified atom stereocenters. The van der Waals surface area contributed by atoms with Crippen molar-refractivity contribution in [3.63, 3.8) is 0 Å². The smallest absolute Gasteiger partial charge is 0.267 e. The van der Waals surface area contributed by atoms with Crippen molar-refractivity contribution in [1.82, 2.24) is 10.3 Å². The number of aromatic amines is 1. The number of benzene rings is 1. The number of methoxy groups -OCH3 is 1. The zero-order chi connectivity index (χ0) is 15.5. The molecule has 2 N–H and O–H groups in total. The molecule has 1 aliphatic heterocycles. The number of fused-ring (bicyclic) bond motifs is 1. The molecular weight excluding hydrogens is 323 g/mol. The van der Waals surface area contributed by atoms with Crippen molar-refractivity contribution in [2.75, 3.05) is 30.9 Å². The third-order valence-corrected chi connectivity index (χ3v) is 6.39. The van der Waals surface area contributed by atoms with Gasteiger partial charge in [-0.2, -0.15) is 23.5 Å². The molecule has 0 saturated carbocycles. The fraction of sp³-hybridized carbons (Fsp3) is 0.400. The average molecular weight is 340 g/mol. The monoisotopic (exact) mass is 340 g/mol. The van der Waals surface area contributed by atoms with Crippen molar-refractivity contribution in [3.8, 4) is 5.75 Å². The van der Waals surface area contributed by atoms with Gasteiger partial charge in [-0.25, -0.2) is 4.39 Å². The molecule has 1 fully saturated rings. The van der Waals surface area contributed by atoms with Crippen molar-refractivity contribution >= 4 is 40.3 Å². The first-order valence-electron chi connectivity index (χ1n) is 7.02. The molecule has 7 heteroatoms. The van der Waals surface area contributed by atoms with Crippen LogP contribution in [0.15, 0.2) is 18.2 Å². The van der Waals surface area contributed by atoms with Crippen molar-refractivity contribution in [1.29, 1.82) is 0 Å². The third kappa shape index (κ3) is 3.20. The van der Waals surface area contributed by atoms with E-state index in [0.717, 1.165) is 11.5 Å². The maximum Gasteiger partial charge on any atom is 0.267 e. The highest BCUT2D eigenvalue weighted by Gasteiger charge is 2.18. The lowest BCUT2D eigenvalue weighted by atomic mass is 10.2. The molecule has 1 aromatic heterocycles. The Morgan fingerprint density at radius 3 is 3.09 bits per heavy atom. The van der Waals surface area contributed by atoms with Crippen LogP contribution in [0.25, 0.3) is 10.9 Å².